The maximum Gasteiger partial charge on any atom is 0.337 e. The van der Waals surface area contributed by atoms with Gasteiger partial charge in [-0.3, -0.25) is 4.90 Å². The maximum atomic E-state index is 13.1. The highest BCUT2D eigenvalue weighted by Crippen LogP contribution is 2.47. The van der Waals surface area contributed by atoms with Gasteiger partial charge < -0.3 is 25.0 Å². The van der Waals surface area contributed by atoms with E-state index in [-0.39, 0.29) is 5.41 Å². The number of carboxylic acids is 1. The molecule has 9 heteroatoms. The standard InChI is InChI=1S/C43H60ClN5O3/c1-29-12-11-13-35(44)34(29)28-48-22-16-31-26-32(14-15-33(31)27-48)37-38(49-23-17-43(6,7)18-24-49)36(39(41(50)51)52-42(3,4)5)30(2)46-40(37)45-19-25-47-20-9-8-10-21-47/h11-15,26,39H,8-10,16-25,27-28H2,1-7H3,(H,45,46)(H,50,51)/t39-/m0/s1. The number of hydrogen-bond donors (Lipinski definition) is 2. The second-order valence-corrected chi connectivity index (χ2v) is 17.5. The Bertz CT molecular complexity index is 1720. The van der Waals surface area contributed by atoms with Crippen molar-refractivity contribution in [2.75, 3.05) is 56.0 Å². The molecule has 0 aliphatic carbocycles. The van der Waals surface area contributed by atoms with Crippen molar-refractivity contribution in [2.45, 2.75) is 112 Å². The highest BCUT2D eigenvalue weighted by atomic mass is 35.5. The summed E-state index contributed by atoms with van der Waals surface area (Å²) >= 11 is 6.64. The number of fused-ring (bicyclic) bond motifs is 1. The average molecular weight is 730 g/mol. The van der Waals surface area contributed by atoms with Crippen LogP contribution in [0.15, 0.2) is 36.4 Å². The van der Waals surface area contributed by atoms with E-state index < -0.39 is 17.7 Å². The first kappa shape index (κ1) is 38.6. The largest absolute Gasteiger partial charge is 0.479 e. The van der Waals surface area contributed by atoms with Crippen LogP contribution in [0.2, 0.25) is 5.02 Å². The quantitative estimate of drug-likeness (QED) is 0.203. The lowest BCUT2D eigenvalue weighted by molar-refractivity contribution is -0.160. The van der Waals surface area contributed by atoms with Gasteiger partial charge >= 0.3 is 5.97 Å². The molecule has 0 amide bonds. The Labute approximate surface area is 316 Å². The summed E-state index contributed by atoms with van der Waals surface area (Å²) in [5.41, 5.74) is 9.00. The lowest BCUT2D eigenvalue weighted by Gasteiger charge is -2.41. The molecule has 0 spiro atoms. The first-order chi connectivity index (χ1) is 24.7. The Kier molecular flexibility index (Phi) is 11.9. The molecule has 3 aliphatic heterocycles. The second-order valence-electron chi connectivity index (χ2n) is 17.1. The molecule has 1 aromatic heterocycles. The summed E-state index contributed by atoms with van der Waals surface area (Å²) in [6.07, 6.45) is 5.63. The Morgan fingerprint density at radius 1 is 1.00 bits per heavy atom. The molecule has 0 unspecified atom stereocenters. The molecule has 52 heavy (non-hydrogen) atoms. The summed E-state index contributed by atoms with van der Waals surface area (Å²) in [6.45, 7) is 22.8. The first-order valence-electron chi connectivity index (χ1n) is 19.4. The van der Waals surface area contributed by atoms with Crippen molar-refractivity contribution in [3.8, 4) is 11.1 Å². The number of aromatic nitrogens is 1. The Balaban J connectivity index is 1.44. The molecule has 2 aromatic carbocycles. The van der Waals surface area contributed by atoms with Crippen molar-refractivity contribution in [3.05, 3.63) is 74.9 Å². The zero-order valence-corrected chi connectivity index (χ0v) is 33.3. The number of ether oxygens (including phenoxy) is 1. The van der Waals surface area contributed by atoms with Crippen molar-refractivity contribution >= 4 is 29.1 Å². The molecular formula is C43H60ClN5O3. The van der Waals surface area contributed by atoms with Crippen LogP contribution in [0.1, 0.15) is 106 Å². The third-order valence-corrected chi connectivity index (χ3v) is 11.6. The molecule has 282 valence electrons. The summed E-state index contributed by atoms with van der Waals surface area (Å²) < 4.78 is 6.39. The van der Waals surface area contributed by atoms with E-state index in [1.54, 1.807) is 0 Å². The van der Waals surface area contributed by atoms with Crippen LogP contribution in [0.5, 0.6) is 0 Å². The van der Waals surface area contributed by atoms with E-state index in [0.29, 0.717) is 11.3 Å². The van der Waals surface area contributed by atoms with Crippen LogP contribution in [-0.2, 0) is 29.0 Å². The maximum absolute atomic E-state index is 13.1. The third-order valence-electron chi connectivity index (χ3n) is 11.3. The first-order valence-corrected chi connectivity index (χ1v) is 19.8. The molecule has 2 N–H and O–H groups in total. The molecular weight excluding hydrogens is 670 g/mol. The van der Waals surface area contributed by atoms with Crippen LogP contribution in [0.4, 0.5) is 11.5 Å². The van der Waals surface area contributed by atoms with Gasteiger partial charge in [0.1, 0.15) is 5.82 Å². The van der Waals surface area contributed by atoms with Crippen molar-refractivity contribution in [1.82, 2.24) is 14.8 Å². The number of carbonyl (C=O) groups is 1. The number of hydrogen-bond acceptors (Lipinski definition) is 7. The number of anilines is 2. The minimum atomic E-state index is -1.15. The number of likely N-dealkylation sites (tertiary alicyclic amines) is 1. The third kappa shape index (κ3) is 9.12. The number of halogens is 1. The Hall–Kier alpha value is -3.17. The van der Waals surface area contributed by atoms with Gasteiger partial charge in [-0.05, 0) is 119 Å². The summed E-state index contributed by atoms with van der Waals surface area (Å²) in [5.74, 6) is -0.168. The van der Waals surface area contributed by atoms with Crippen LogP contribution < -0.4 is 10.2 Å². The van der Waals surface area contributed by atoms with Gasteiger partial charge in [-0.25, -0.2) is 9.78 Å². The van der Waals surface area contributed by atoms with E-state index in [4.69, 9.17) is 21.3 Å². The fraction of sp³-hybridized carbons (Fsp3) is 0.581. The lowest BCUT2D eigenvalue weighted by Crippen LogP contribution is -2.39. The van der Waals surface area contributed by atoms with Gasteiger partial charge in [0.25, 0.3) is 0 Å². The fourth-order valence-electron chi connectivity index (χ4n) is 8.18. The molecule has 3 aromatic rings. The second kappa shape index (κ2) is 16.1. The predicted molar refractivity (Wildman–Crippen MR) is 214 cm³/mol. The topological polar surface area (TPSA) is 81.2 Å². The molecule has 2 saturated heterocycles. The highest BCUT2D eigenvalue weighted by molar-refractivity contribution is 6.31. The smallest absolute Gasteiger partial charge is 0.337 e. The van der Waals surface area contributed by atoms with Crippen LogP contribution in [0.25, 0.3) is 11.1 Å². The van der Waals surface area contributed by atoms with Crippen LogP contribution in [-0.4, -0.2) is 77.3 Å². The Morgan fingerprint density at radius 2 is 1.73 bits per heavy atom. The van der Waals surface area contributed by atoms with Crippen LogP contribution in [0, 0.1) is 19.3 Å². The van der Waals surface area contributed by atoms with Gasteiger partial charge in [-0.15, -0.1) is 0 Å². The number of nitrogens with one attached hydrogen (secondary N) is 1. The molecule has 1 atom stereocenters. The average Bonchev–Trinajstić information content (AvgIpc) is 3.09. The van der Waals surface area contributed by atoms with Gasteiger partial charge in [0.2, 0.25) is 0 Å². The molecule has 6 rings (SSSR count). The zero-order chi connectivity index (χ0) is 37.2. The van der Waals surface area contributed by atoms with Gasteiger partial charge in [0, 0.05) is 67.7 Å². The molecule has 8 nitrogen and oxygen atoms in total. The van der Waals surface area contributed by atoms with Crippen molar-refractivity contribution in [1.29, 1.82) is 0 Å². The van der Waals surface area contributed by atoms with E-state index in [0.717, 1.165) is 106 Å². The van der Waals surface area contributed by atoms with Gasteiger partial charge in [0.05, 0.1) is 11.3 Å². The molecule has 0 saturated carbocycles. The molecule has 0 radical (unpaired) electrons. The van der Waals surface area contributed by atoms with E-state index in [1.807, 2.05) is 39.8 Å². The van der Waals surface area contributed by atoms with Crippen molar-refractivity contribution < 1.29 is 14.6 Å². The Morgan fingerprint density at radius 3 is 2.40 bits per heavy atom. The lowest BCUT2D eigenvalue weighted by atomic mass is 9.81. The summed E-state index contributed by atoms with van der Waals surface area (Å²) in [4.78, 5) is 25.8. The number of pyridine rings is 1. The van der Waals surface area contributed by atoms with E-state index >= 15 is 0 Å². The monoisotopic (exact) mass is 729 g/mol. The van der Waals surface area contributed by atoms with Crippen molar-refractivity contribution in [2.24, 2.45) is 5.41 Å². The highest BCUT2D eigenvalue weighted by Gasteiger charge is 2.37. The molecule has 0 bridgehead atoms. The number of rotatable bonds is 11. The number of carboxylic acid groups (broad SMARTS) is 1. The molecule has 2 fully saturated rings. The SMILES string of the molecule is Cc1cccc(Cl)c1CN1CCc2cc(-c3c(NCCN4CCCCC4)nc(C)c([C@H](OC(C)(C)C)C(=O)O)c3N3CCC(C)(C)CC3)ccc2C1. The normalized spacial score (nSPS) is 19.0. The van der Waals surface area contributed by atoms with Gasteiger partial charge in [0.15, 0.2) is 6.10 Å². The number of piperidine rings is 2. The van der Waals surface area contributed by atoms with E-state index in [9.17, 15) is 9.90 Å². The van der Waals surface area contributed by atoms with Crippen molar-refractivity contribution in [3.63, 3.8) is 0 Å². The van der Waals surface area contributed by atoms with Crippen LogP contribution >= 0.6 is 11.6 Å². The minimum absolute atomic E-state index is 0.225. The molecule has 3 aliphatic rings. The summed E-state index contributed by atoms with van der Waals surface area (Å²) in [5, 5.41) is 15.4. The molecule has 4 heterocycles. The number of aliphatic carboxylic acids is 1. The van der Waals surface area contributed by atoms with E-state index in [1.165, 1.54) is 41.5 Å². The van der Waals surface area contributed by atoms with Gasteiger partial charge in [-0.1, -0.05) is 62.2 Å². The fourth-order valence-corrected chi connectivity index (χ4v) is 8.46. The predicted octanol–water partition coefficient (Wildman–Crippen LogP) is 9.04. The summed E-state index contributed by atoms with van der Waals surface area (Å²) in [6, 6.07) is 13.0. The minimum Gasteiger partial charge on any atom is -0.479 e. The number of aryl methyl sites for hydroxylation is 2. The zero-order valence-electron chi connectivity index (χ0n) is 32.6. The van der Waals surface area contributed by atoms with Crippen LogP contribution in [0.3, 0.4) is 0 Å². The summed E-state index contributed by atoms with van der Waals surface area (Å²) in [7, 11) is 0. The van der Waals surface area contributed by atoms with Gasteiger partial charge in [-0.2, -0.15) is 0 Å². The van der Waals surface area contributed by atoms with E-state index in [2.05, 4.69) is 65.1 Å². The number of benzene rings is 2. The number of nitrogens with zero attached hydrogens (tertiary/aromatic N) is 4.